The lowest BCUT2D eigenvalue weighted by molar-refractivity contribution is -0.129. The number of methoxy groups -OCH3 is 1. The molecular weight excluding hydrogens is 266 g/mol. The number of para-hydroxylation sites is 1. The largest absolute Gasteiger partial charge is 0.497 e. The minimum Gasteiger partial charge on any atom is -0.497 e. The molecule has 110 valence electrons. The summed E-state index contributed by atoms with van der Waals surface area (Å²) in [5.74, 6) is 1.31. The highest BCUT2D eigenvalue weighted by atomic mass is 16.7. The molecule has 0 bridgehead atoms. The van der Waals surface area contributed by atoms with Crippen LogP contribution in [0.2, 0.25) is 0 Å². The summed E-state index contributed by atoms with van der Waals surface area (Å²) >= 11 is 0. The Morgan fingerprint density at radius 3 is 2.81 bits per heavy atom. The van der Waals surface area contributed by atoms with Crippen LogP contribution in [0.25, 0.3) is 0 Å². The molecule has 2 atom stereocenters. The van der Waals surface area contributed by atoms with Gasteiger partial charge in [0.25, 0.3) is 0 Å². The van der Waals surface area contributed by atoms with E-state index in [1.807, 2.05) is 36.4 Å². The third-order valence-electron chi connectivity index (χ3n) is 4.02. The highest BCUT2D eigenvalue weighted by Crippen LogP contribution is 2.36. The Hall–Kier alpha value is -2.07. The number of carbonyl (C=O) groups is 1. The van der Waals surface area contributed by atoms with Crippen LogP contribution in [0.3, 0.4) is 0 Å². The number of hydrogen-bond acceptors (Lipinski definition) is 4. The first-order chi connectivity index (χ1) is 10.3. The van der Waals surface area contributed by atoms with Crippen LogP contribution < -0.4 is 5.48 Å². The van der Waals surface area contributed by atoms with Gasteiger partial charge in [-0.3, -0.25) is 15.1 Å². The van der Waals surface area contributed by atoms with Gasteiger partial charge in [-0.15, -0.1) is 0 Å². The van der Waals surface area contributed by atoms with E-state index in [2.05, 4.69) is 11.6 Å². The monoisotopic (exact) mass is 285 g/mol. The molecule has 1 aromatic carbocycles. The maximum absolute atomic E-state index is 12.2. The van der Waals surface area contributed by atoms with E-state index in [0.29, 0.717) is 12.3 Å². The highest BCUT2D eigenvalue weighted by molar-refractivity contribution is 5.87. The summed E-state index contributed by atoms with van der Waals surface area (Å²) in [5.41, 5.74) is 4.75. The number of ether oxygens (including phenoxy) is 1. The van der Waals surface area contributed by atoms with Gasteiger partial charge in [-0.1, -0.05) is 18.2 Å². The van der Waals surface area contributed by atoms with Gasteiger partial charge >= 0.3 is 0 Å². The summed E-state index contributed by atoms with van der Waals surface area (Å²) in [5, 5.41) is 0. The van der Waals surface area contributed by atoms with Crippen LogP contribution in [0.5, 0.6) is 0 Å². The number of rotatable bonds is 4. The van der Waals surface area contributed by atoms with Gasteiger partial charge in [-0.25, -0.2) is 0 Å². The first kappa shape index (κ1) is 13.9. The molecule has 0 aliphatic heterocycles. The number of allylic oxidation sites excluding steroid dienone is 2. The van der Waals surface area contributed by atoms with Crippen molar-refractivity contribution in [1.29, 1.82) is 0 Å². The molecule has 0 radical (unpaired) electrons. The standard InChI is InChI=1S/C17H19NO3/c1-20-14-9-7-12-8-10-16(19)17(15(12)11-14)21-18-13-5-3-2-4-6-13/h2-6,9,11-12,17-18H,7-8,10H2,1H3. The van der Waals surface area contributed by atoms with Crippen molar-refractivity contribution >= 4 is 11.5 Å². The van der Waals surface area contributed by atoms with Crippen LogP contribution >= 0.6 is 0 Å². The Bertz CT molecular complexity index is 577. The molecule has 0 aromatic heterocycles. The van der Waals surface area contributed by atoms with Crippen LogP contribution in [-0.4, -0.2) is 19.0 Å². The van der Waals surface area contributed by atoms with Crippen molar-refractivity contribution in [2.24, 2.45) is 5.92 Å². The van der Waals surface area contributed by atoms with E-state index < -0.39 is 6.10 Å². The quantitative estimate of drug-likeness (QED) is 0.863. The minimum atomic E-state index is -0.525. The number of carbonyl (C=O) groups excluding carboxylic acids is 1. The highest BCUT2D eigenvalue weighted by Gasteiger charge is 2.36. The molecule has 2 unspecified atom stereocenters. The molecule has 1 saturated carbocycles. The second-order valence-electron chi connectivity index (χ2n) is 5.36. The number of fused-ring (bicyclic) bond motifs is 1. The normalized spacial score (nSPS) is 24.7. The second kappa shape index (κ2) is 6.14. The summed E-state index contributed by atoms with van der Waals surface area (Å²) in [7, 11) is 1.64. The van der Waals surface area contributed by atoms with Gasteiger partial charge in [0, 0.05) is 6.42 Å². The predicted molar refractivity (Wildman–Crippen MR) is 80.5 cm³/mol. The van der Waals surface area contributed by atoms with Gasteiger partial charge in [-0.05, 0) is 48.6 Å². The van der Waals surface area contributed by atoms with Crippen molar-refractivity contribution in [2.45, 2.75) is 25.4 Å². The summed E-state index contributed by atoms with van der Waals surface area (Å²) < 4.78 is 5.28. The maximum atomic E-state index is 12.2. The molecule has 4 heteroatoms. The Labute approximate surface area is 124 Å². The van der Waals surface area contributed by atoms with Crippen molar-refractivity contribution in [2.75, 3.05) is 12.6 Å². The number of hydrogen-bond donors (Lipinski definition) is 1. The molecule has 0 spiro atoms. The Morgan fingerprint density at radius 2 is 2.05 bits per heavy atom. The Kier molecular flexibility index (Phi) is 4.06. The summed E-state index contributed by atoms with van der Waals surface area (Å²) in [4.78, 5) is 17.9. The van der Waals surface area contributed by atoms with Gasteiger partial charge in [0.15, 0.2) is 11.9 Å². The first-order valence-electron chi connectivity index (χ1n) is 7.23. The zero-order valence-electron chi connectivity index (χ0n) is 12.0. The van der Waals surface area contributed by atoms with Gasteiger partial charge in [0.1, 0.15) is 5.76 Å². The summed E-state index contributed by atoms with van der Waals surface area (Å²) in [6.45, 7) is 0. The SMILES string of the molecule is COC1=CCC2CCC(=O)C(ONc3ccccc3)C2=C1. The average molecular weight is 285 g/mol. The van der Waals surface area contributed by atoms with E-state index in [1.165, 1.54) is 0 Å². The fourth-order valence-electron chi connectivity index (χ4n) is 2.85. The molecule has 1 N–H and O–H groups in total. The van der Waals surface area contributed by atoms with E-state index in [9.17, 15) is 4.79 Å². The number of nitrogens with one attached hydrogen (secondary N) is 1. The second-order valence-corrected chi connectivity index (χ2v) is 5.36. The number of Topliss-reactive ketones (excluding diaryl/α,β-unsaturated/α-hetero) is 1. The lowest BCUT2D eigenvalue weighted by Crippen LogP contribution is -2.37. The molecule has 2 aliphatic carbocycles. The van der Waals surface area contributed by atoms with Gasteiger partial charge < -0.3 is 4.74 Å². The lowest BCUT2D eigenvalue weighted by Gasteiger charge is -2.33. The molecule has 1 aromatic rings. The average Bonchev–Trinajstić information content (AvgIpc) is 2.54. The predicted octanol–water partition coefficient (Wildman–Crippen LogP) is 3.24. The van der Waals surface area contributed by atoms with Gasteiger partial charge in [0.05, 0.1) is 12.8 Å². The fourth-order valence-corrected chi connectivity index (χ4v) is 2.85. The van der Waals surface area contributed by atoms with E-state index in [-0.39, 0.29) is 5.78 Å². The third-order valence-corrected chi connectivity index (χ3v) is 4.02. The maximum Gasteiger partial charge on any atom is 0.168 e. The van der Waals surface area contributed by atoms with Crippen LogP contribution in [0, 0.1) is 5.92 Å². The lowest BCUT2D eigenvalue weighted by atomic mass is 9.77. The topological polar surface area (TPSA) is 47.6 Å². The summed E-state index contributed by atoms with van der Waals surface area (Å²) in [6.07, 6.45) is 5.87. The third kappa shape index (κ3) is 3.00. The van der Waals surface area contributed by atoms with Crippen molar-refractivity contribution in [3.63, 3.8) is 0 Å². The molecule has 2 aliphatic rings. The number of benzene rings is 1. The zero-order chi connectivity index (χ0) is 14.7. The molecule has 21 heavy (non-hydrogen) atoms. The van der Waals surface area contributed by atoms with E-state index in [4.69, 9.17) is 9.57 Å². The van der Waals surface area contributed by atoms with Gasteiger partial charge in [0.2, 0.25) is 0 Å². The molecule has 0 heterocycles. The Balaban J connectivity index is 1.76. The smallest absolute Gasteiger partial charge is 0.168 e. The van der Waals surface area contributed by atoms with E-state index in [0.717, 1.165) is 29.9 Å². The molecular formula is C17H19NO3. The van der Waals surface area contributed by atoms with Crippen molar-refractivity contribution < 1.29 is 14.4 Å². The van der Waals surface area contributed by atoms with E-state index >= 15 is 0 Å². The minimum absolute atomic E-state index is 0.123. The molecule has 0 amide bonds. The fraction of sp³-hybridized carbons (Fsp3) is 0.353. The van der Waals surface area contributed by atoms with Crippen molar-refractivity contribution in [1.82, 2.24) is 0 Å². The molecule has 1 fully saturated rings. The van der Waals surface area contributed by atoms with Crippen LogP contribution in [-0.2, 0) is 14.4 Å². The number of ketones is 1. The number of anilines is 1. The molecule has 3 rings (SSSR count). The van der Waals surface area contributed by atoms with E-state index in [1.54, 1.807) is 7.11 Å². The molecule has 4 nitrogen and oxygen atoms in total. The van der Waals surface area contributed by atoms with Crippen molar-refractivity contribution in [3.8, 4) is 0 Å². The first-order valence-corrected chi connectivity index (χ1v) is 7.23. The Morgan fingerprint density at radius 1 is 1.24 bits per heavy atom. The van der Waals surface area contributed by atoms with Crippen LogP contribution in [0.15, 0.2) is 53.8 Å². The summed E-state index contributed by atoms with van der Waals surface area (Å²) in [6, 6.07) is 9.58. The van der Waals surface area contributed by atoms with Crippen molar-refractivity contribution in [3.05, 3.63) is 53.8 Å². The molecule has 0 saturated heterocycles. The van der Waals surface area contributed by atoms with Crippen LogP contribution in [0.1, 0.15) is 19.3 Å². The van der Waals surface area contributed by atoms with Crippen LogP contribution in [0.4, 0.5) is 5.69 Å². The van der Waals surface area contributed by atoms with Gasteiger partial charge in [-0.2, -0.15) is 0 Å². The zero-order valence-corrected chi connectivity index (χ0v) is 12.0.